The van der Waals surface area contributed by atoms with Gasteiger partial charge in [0.05, 0.1) is 12.3 Å². The van der Waals surface area contributed by atoms with E-state index in [0.717, 1.165) is 53.8 Å². The van der Waals surface area contributed by atoms with Gasteiger partial charge in [0.15, 0.2) is 0 Å². The van der Waals surface area contributed by atoms with E-state index in [1.807, 2.05) is 35.6 Å². The van der Waals surface area contributed by atoms with Crippen molar-refractivity contribution in [2.45, 2.75) is 32.3 Å². The van der Waals surface area contributed by atoms with Crippen molar-refractivity contribution in [3.8, 4) is 0 Å². The monoisotopic (exact) mass is 419 g/mol. The molecule has 7 heteroatoms. The van der Waals surface area contributed by atoms with Crippen LogP contribution in [0.1, 0.15) is 35.3 Å². The van der Waals surface area contributed by atoms with Crippen LogP contribution in [0.4, 0.5) is 5.82 Å². The number of carbonyl (C=O) groups excluding carboxylic acids is 1. The molecular formula is C24H29N5O2. The van der Waals surface area contributed by atoms with E-state index in [2.05, 4.69) is 27.0 Å². The molecule has 2 aliphatic rings. The maximum atomic E-state index is 13.5. The first-order chi connectivity index (χ1) is 15.0. The molecule has 1 unspecified atom stereocenters. The maximum Gasteiger partial charge on any atom is 0.270 e. The lowest BCUT2D eigenvalue weighted by atomic mass is 9.71. The summed E-state index contributed by atoms with van der Waals surface area (Å²) in [6, 6.07) is 8.18. The van der Waals surface area contributed by atoms with Gasteiger partial charge in [-0.3, -0.25) is 9.78 Å². The topological polar surface area (TPSA) is 74.5 Å². The van der Waals surface area contributed by atoms with Crippen LogP contribution >= 0.6 is 0 Å². The van der Waals surface area contributed by atoms with Crippen LogP contribution in [0.2, 0.25) is 0 Å². The number of likely N-dealkylation sites (tertiary alicyclic amines) is 1. The van der Waals surface area contributed by atoms with Gasteiger partial charge in [-0.2, -0.15) is 0 Å². The van der Waals surface area contributed by atoms with Gasteiger partial charge in [0.1, 0.15) is 11.5 Å². The lowest BCUT2D eigenvalue weighted by Gasteiger charge is -2.49. The first kappa shape index (κ1) is 20.0. The average Bonchev–Trinajstić information content (AvgIpc) is 3.04. The van der Waals surface area contributed by atoms with Gasteiger partial charge in [-0.1, -0.05) is 18.2 Å². The minimum atomic E-state index is -0.390. The van der Waals surface area contributed by atoms with Gasteiger partial charge in [-0.05, 0) is 43.2 Å². The molecule has 1 amide bonds. The number of nitrogens with zero attached hydrogens (tertiary/aromatic N) is 5. The highest BCUT2D eigenvalue weighted by atomic mass is 16.3. The Morgan fingerprint density at radius 2 is 1.97 bits per heavy atom. The van der Waals surface area contributed by atoms with Crippen molar-refractivity contribution < 1.29 is 9.90 Å². The normalized spacial score (nSPS) is 21.1. The fraction of sp³-hybridized carbons (Fsp3) is 0.458. The number of aromatic nitrogens is 3. The highest BCUT2D eigenvalue weighted by molar-refractivity contribution is 6.01. The third-order valence-electron chi connectivity index (χ3n) is 7.17. The Bertz CT molecular complexity index is 1060. The summed E-state index contributed by atoms with van der Waals surface area (Å²) in [6.45, 7) is 4.88. The van der Waals surface area contributed by atoms with Crippen LogP contribution in [0, 0.1) is 12.3 Å². The third kappa shape index (κ3) is 3.47. The summed E-state index contributed by atoms with van der Waals surface area (Å²) in [6.07, 6.45) is 7.27. The summed E-state index contributed by atoms with van der Waals surface area (Å²) in [5.41, 5.74) is 2.92. The van der Waals surface area contributed by atoms with Crippen LogP contribution in [-0.4, -0.2) is 62.7 Å². The number of aliphatic hydroxyl groups excluding tert-OH is 1. The number of aryl methyl sites for hydroxylation is 2. The van der Waals surface area contributed by atoms with Gasteiger partial charge in [-0.25, -0.2) is 4.98 Å². The van der Waals surface area contributed by atoms with Gasteiger partial charge in [0, 0.05) is 56.5 Å². The molecular weight excluding hydrogens is 390 g/mol. The number of piperidine rings is 2. The van der Waals surface area contributed by atoms with Crippen LogP contribution in [0.25, 0.3) is 10.9 Å². The number of carbonyl (C=O) groups is 1. The Labute approximate surface area is 182 Å². The zero-order valence-electron chi connectivity index (χ0n) is 18.2. The molecule has 1 atom stereocenters. The molecule has 162 valence electrons. The van der Waals surface area contributed by atoms with Crippen molar-refractivity contribution in [2.75, 3.05) is 31.1 Å². The van der Waals surface area contributed by atoms with Crippen molar-refractivity contribution in [1.29, 1.82) is 0 Å². The lowest BCUT2D eigenvalue weighted by molar-refractivity contribution is 0.0242. The van der Waals surface area contributed by atoms with E-state index in [0.29, 0.717) is 19.6 Å². The number of hydrogen-bond acceptors (Lipinski definition) is 5. The molecule has 4 heterocycles. The summed E-state index contributed by atoms with van der Waals surface area (Å²) in [7, 11) is 1.98. The molecule has 1 spiro atoms. The predicted octanol–water partition coefficient (Wildman–Crippen LogP) is 2.77. The number of aliphatic hydroxyl groups is 1. The molecule has 0 radical (unpaired) electrons. The van der Waals surface area contributed by atoms with Crippen LogP contribution in [0.15, 0.2) is 42.9 Å². The molecule has 31 heavy (non-hydrogen) atoms. The van der Waals surface area contributed by atoms with Crippen molar-refractivity contribution in [3.05, 3.63) is 54.1 Å². The number of benzene rings is 1. The van der Waals surface area contributed by atoms with Crippen molar-refractivity contribution in [2.24, 2.45) is 12.5 Å². The second kappa shape index (κ2) is 7.64. The molecule has 0 bridgehead atoms. The zero-order valence-corrected chi connectivity index (χ0v) is 18.2. The highest BCUT2D eigenvalue weighted by Gasteiger charge is 2.43. The van der Waals surface area contributed by atoms with Crippen molar-refractivity contribution >= 4 is 22.6 Å². The number of anilines is 1. The molecule has 1 aromatic carbocycles. The second-order valence-corrected chi connectivity index (χ2v) is 9.14. The highest BCUT2D eigenvalue weighted by Crippen LogP contribution is 2.41. The minimum absolute atomic E-state index is 0.0000647. The molecule has 0 saturated carbocycles. The molecule has 2 aromatic heterocycles. The number of fused-ring (bicyclic) bond motifs is 1. The van der Waals surface area contributed by atoms with E-state index in [9.17, 15) is 9.90 Å². The van der Waals surface area contributed by atoms with Gasteiger partial charge >= 0.3 is 0 Å². The van der Waals surface area contributed by atoms with E-state index in [1.54, 1.807) is 18.6 Å². The smallest absolute Gasteiger partial charge is 0.270 e. The molecule has 7 nitrogen and oxygen atoms in total. The van der Waals surface area contributed by atoms with E-state index in [1.165, 1.54) is 0 Å². The van der Waals surface area contributed by atoms with Gasteiger partial charge < -0.3 is 19.5 Å². The van der Waals surface area contributed by atoms with Crippen molar-refractivity contribution in [1.82, 2.24) is 19.4 Å². The number of hydrogen-bond donors (Lipinski definition) is 1. The van der Waals surface area contributed by atoms with Gasteiger partial charge in [0.2, 0.25) is 0 Å². The van der Waals surface area contributed by atoms with Crippen molar-refractivity contribution in [3.63, 3.8) is 0 Å². The average molecular weight is 420 g/mol. The van der Waals surface area contributed by atoms with E-state index >= 15 is 0 Å². The van der Waals surface area contributed by atoms with E-state index in [-0.39, 0.29) is 11.3 Å². The molecule has 1 N–H and O–H groups in total. The molecule has 2 aliphatic heterocycles. The first-order valence-corrected chi connectivity index (χ1v) is 11.0. The number of para-hydroxylation sites is 1. The molecule has 5 rings (SSSR count). The fourth-order valence-electron chi connectivity index (χ4n) is 5.56. The summed E-state index contributed by atoms with van der Waals surface area (Å²) >= 11 is 0. The number of rotatable bonds is 2. The molecule has 2 saturated heterocycles. The van der Waals surface area contributed by atoms with E-state index in [4.69, 9.17) is 0 Å². The molecule has 0 aliphatic carbocycles. The number of amides is 1. The maximum absolute atomic E-state index is 13.5. The summed E-state index contributed by atoms with van der Waals surface area (Å²) < 4.78 is 2.03. The lowest BCUT2D eigenvalue weighted by Crippen LogP contribution is -2.55. The summed E-state index contributed by atoms with van der Waals surface area (Å²) in [4.78, 5) is 26.2. The Kier molecular flexibility index (Phi) is 4.93. The minimum Gasteiger partial charge on any atom is -0.391 e. The summed E-state index contributed by atoms with van der Waals surface area (Å²) in [5.74, 6) is 0.915. The third-order valence-corrected chi connectivity index (χ3v) is 7.17. The second-order valence-electron chi connectivity index (χ2n) is 9.14. The van der Waals surface area contributed by atoms with Gasteiger partial charge in [0.25, 0.3) is 5.91 Å². The number of β-amino-alcohol motifs (C(OH)–C–C–N with tert-alkyl or cyclic N) is 1. The van der Waals surface area contributed by atoms with Crippen LogP contribution < -0.4 is 4.90 Å². The summed E-state index contributed by atoms with van der Waals surface area (Å²) in [5, 5.41) is 11.7. The standard InChI is InChI=1S/C24H29N5O2/c1-17-19-5-3-4-6-20(19)27(2)22(17)23(31)28-11-7-24(8-12-28)13-18(30)15-29(16-24)21-14-25-9-10-26-21/h3-6,9-10,14,18,30H,7-8,11-13,15-16H2,1-2H3. The quantitative estimate of drug-likeness (QED) is 0.691. The SMILES string of the molecule is Cc1c(C(=O)N2CCC3(CC2)CC(O)CN(c2cnccn2)C3)n(C)c2ccccc12. The van der Waals surface area contributed by atoms with Crippen LogP contribution in [0.3, 0.4) is 0 Å². The Balaban J connectivity index is 1.34. The predicted molar refractivity (Wildman–Crippen MR) is 120 cm³/mol. The first-order valence-electron chi connectivity index (χ1n) is 11.0. The zero-order chi connectivity index (χ0) is 21.6. The largest absolute Gasteiger partial charge is 0.391 e. The van der Waals surface area contributed by atoms with Crippen LogP contribution in [-0.2, 0) is 7.05 Å². The Morgan fingerprint density at radius 1 is 1.19 bits per heavy atom. The van der Waals surface area contributed by atoms with Gasteiger partial charge in [-0.15, -0.1) is 0 Å². The van der Waals surface area contributed by atoms with Crippen LogP contribution in [0.5, 0.6) is 0 Å². The molecule has 2 fully saturated rings. The molecule has 3 aromatic rings. The van der Waals surface area contributed by atoms with E-state index < -0.39 is 6.10 Å². The Morgan fingerprint density at radius 3 is 2.68 bits per heavy atom. The Hall–Kier alpha value is -2.93. The fourth-order valence-corrected chi connectivity index (χ4v) is 5.56.